The zero-order valence-electron chi connectivity index (χ0n) is 9.81. The first-order valence-corrected chi connectivity index (χ1v) is 6.81. The summed E-state index contributed by atoms with van der Waals surface area (Å²) in [5, 5.41) is 12.3. The van der Waals surface area contributed by atoms with Crippen molar-refractivity contribution >= 4 is 28.3 Å². The van der Waals surface area contributed by atoms with Crippen molar-refractivity contribution in [2.45, 2.75) is 12.5 Å². The summed E-state index contributed by atoms with van der Waals surface area (Å²) in [4.78, 5) is 0. The molecule has 0 amide bonds. The Morgan fingerprint density at radius 3 is 2.56 bits per heavy atom. The van der Waals surface area contributed by atoms with Crippen LogP contribution in [0.3, 0.4) is 0 Å². The Labute approximate surface area is 121 Å². The number of hydrogen-bond donors (Lipinski definition) is 1. The zero-order chi connectivity index (χ0) is 12.8. The number of halogens is 1. The molecule has 1 unspecified atom stereocenters. The molecule has 2 nitrogen and oxygen atoms in total. The lowest BCUT2D eigenvalue weighted by molar-refractivity contribution is 0.806. The maximum Gasteiger partial charge on any atom is 0.0647 e. The van der Waals surface area contributed by atoms with E-state index in [2.05, 4.69) is 40.0 Å². The van der Waals surface area contributed by atoms with E-state index in [0.29, 0.717) is 6.42 Å². The van der Waals surface area contributed by atoms with Gasteiger partial charge in [0.2, 0.25) is 0 Å². The largest absolute Gasteiger partial charge is 0.377 e. The van der Waals surface area contributed by atoms with Gasteiger partial charge in [0, 0.05) is 9.26 Å². The van der Waals surface area contributed by atoms with Gasteiger partial charge < -0.3 is 5.32 Å². The number of anilines is 1. The van der Waals surface area contributed by atoms with Crippen LogP contribution in [0.4, 0.5) is 5.69 Å². The zero-order valence-corrected chi connectivity index (χ0v) is 12.0. The predicted molar refractivity (Wildman–Crippen MR) is 82.2 cm³/mol. The predicted octanol–water partition coefficient (Wildman–Crippen LogP) is 4.36. The Bertz CT molecular complexity index is 546. The molecule has 0 heterocycles. The summed E-state index contributed by atoms with van der Waals surface area (Å²) in [7, 11) is 0. The van der Waals surface area contributed by atoms with Crippen LogP contribution in [-0.4, -0.2) is 0 Å². The number of nitriles is 1. The number of rotatable bonds is 4. The van der Waals surface area contributed by atoms with Crippen LogP contribution < -0.4 is 5.32 Å². The van der Waals surface area contributed by atoms with Gasteiger partial charge in [-0.15, -0.1) is 0 Å². The van der Waals surface area contributed by atoms with E-state index in [1.54, 1.807) is 0 Å². The summed E-state index contributed by atoms with van der Waals surface area (Å²) in [6.45, 7) is 0. The highest BCUT2D eigenvalue weighted by Gasteiger charge is 2.10. The molecule has 1 atom stereocenters. The summed E-state index contributed by atoms with van der Waals surface area (Å²) in [6.07, 6.45) is 0.454. The minimum absolute atomic E-state index is 0.0365. The van der Waals surface area contributed by atoms with E-state index < -0.39 is 0 Å². The van der Waals surface area contributed by atoms with Crippen molar-refractivity contribution in [3.63, 3.8) is 0 Å². The highest BCUT2D eigenvalue weighted by molar-refractivity contribution is 14.1. The van der Waals surface area contributed by atoms with E-state index in [1.165, 1.54) is 3.57 Å². The normalized spacial score (nSPS) is 11.6. The lowest BCUT2D eigenvalue weighted by Crippen LogP contribution is -2.10. The summed E-state index contributed by atoms with van der Waals surface area (Å²) in [5.41, 5.74) is 2.18. The van der Waals surface area contributed by atoms with Crippen molar-refractivity contribution in [1.29, 1.82) is 5.26 Å². The summed E-state index contributed by atoms with van der Waals surface area (Å²) in [5.74, 6) is 0. The van der Waals surface area contributed by atoms with Crippen LogP contribution in [-0.2, 0) is 0 Å². The molecule has 0 aromatic heterocycles. The smallest absolute Gasteiger partial charge is 0.0647 e. The first kappa shape index (κ1) is 12.9. The molecule has 0 radical (unpaired) electrons. The molecular formula is C15H13IN2. The number of nitrogens with zero attached hydrogens (tertiary/aromatic N) is 1. The van der Waals surface area contributed by atoms with Crippen molar-refractivity contribution < 1.29 is 0 Å². The molecule has 0 saturated heterocycles. The van der Waals surface area contributed by atoms with Crippen LogP contribution in [0, 0.1) is 14.9 Å². The Morgan fingerprint density at radius 1 is 1.11 bits per heavy atom. The third-order valence-electron chi connectivity index (χ3n) is 2.66. The fourth-order valence-electron chi connectivity index (χ4n) is 1.81. The molecule has 3 heteroatoms. The summed E-state index contributed by atoms with van der Waals surface area (Å²) in [6, 6.07) is 20.5. The molecule has 2 aromatic rings. The van der Waals surface area contributed by atoms with Gasteiger partial charge in [0.15, 0.2) is 0 Å². The van der Waals surface area contributed by atoms with E-state index in [-0.39, 0.29) is 6.04 Å². The Balaban J connectivity index is 2.20. The van der Waals surface area contributed by atoms with Crippen molar-refractivity contribution in [3.8, 4) is 6.07 Å². The number of hydrogen-bond acceptors (Lipinski definition) is 2. The van der Waals surface area contributed by atoms with Gasteiger partial charge in [-0.2, -0.15) is 5.26 Å². The molecule has 1 N–H and O–H groups in total. The van der Waals surface area contributed by atoms with Gasteiger partial charge in [-0.25, -0.2) is 0 Å². The second-order valence-electron chi connectivity index (χ2n) is 3.98. The van der Waals surface area contributed by atoms with E-state index in [9.17, 15) is 0 Å². The highest BCUT2D eigenvalue weighted by Crippen LogP contribution is 2.23. The molecular weight excluding hydrogens is 335 g/mol. The first-order chi connectivity index (χ1) is 8.79. The van der Waals surface area contributed by atoms with E-state index >= 15 is 0 Å². The molecule has 0 aliphatic heterocycles. The van der Waals surface area contributed by atoms with Crippen molar-refractivity contribution in [2.24, 2.45) is 0 Å². The van der Waals surface area contributed by atoms with Gasteiger partial charge in [0.05, 0.1) is 18.5 Å². The van der Waals surface area contributed by atoms with Crippen LogP contribution in [0.1, 0.15) is 18.0 Å². The van der Waals surface area contributed by atoms with Gasteiger partial charge in [-0.3, -0.25) is 0 Å². The second-order valence-corrected chi connectivity index (χ2v) is 5.23. The highest BCUT2D eigenvalue weighted by atomic mass is 127. The fraction of sp³-hybridized carbons (Fsp3) is 0.133. The third-order valence-corrected chi connectivity index (χ3v) is 3.33. The number of benzene rings is 2. The monoisotopic (exact) mass is 348 g/mol. The molecule has 0 fully saturated rings. The van der Waals surface area contributed by atoms with Crippen LogP contribution in [0.2, 0.25) is 0 Å². The van der Waals surface area contributed by atoms with Crippen molar-refractivity contribution in [2.75, 3.05) is 5.32 Å². The number of nitrogens with one attached hydrogen (secondary N) is 1. The van der Waals surface area contributed by atoms with Crippen molar-refractivity contribution in [3.05, 3.63) is 63.7 Å². The van der Waals surface area contributed by atoms with E-state index in [0.717, 1.165) is 11.3 Å². The molecule has 0 aliphatic rings. The van der Waals surface area contributed by atoms with E-state index in [4.69, 9.17) is 5.26 Å². The van der Waals surface area contributed by atoms with Crippen LogP contribution >= 0.6 is 22.6 Å². The van der Waals surface area contributed by atoms with Gasteiger partial charge in [-0.05, 0) is 46.4 Å². The minimum atomic E-state index is 0.0365. The van der Waals surface area contributed by atoms with Crippen molar-refractivity contribution in [1.82, 2.24) is 0 Å². The van der Waals surface area contributed by atoms with Crippen LogP contribution in [0.25, 0.3) is 0 Å². The lowest BCUT2D eigenvalue weighted by atomic mass is 10.0. The van der Waals surface area contributed by atoms with Gasteiger partial charge in [0.25, 0.3) is 0 Å². The maximum absolute atomic E-state index is 8.94. The van der Waals surface area contributed by atoms with Crippen LogP contribution in [0.15, 0.2) is 54.6 Å². The molecule has 2 aromatic carbocycles. The molecule has 90 valence electrons. The topological polar surface area (TPSA) is 35.8 Å². The first-order valence-electron chi connectivity index (χ1n) is 5.73. The Kier molecular flexibility index (Phi) is 4.59. The van der Waals surface area contributed by atoms with Crippen LogP contribution in [0.5, 0.6) is 0 Å². The maximum atomic E-state index is 8.94. The van der Waals surface area contributed by atoms with Gasteiger partial charge >= 0.3 is 0 Å². The quantitative estimate of drug-likeness (QED) is 0.834. The standard InChI is InChI=1S/C15H13IN2/c16-13-7-4-8-14(11-13)18-15(9-10-17)12-5-2-1-3-6-12/h1-8,11,15,18H,9H2. The molecule has 0 saturated carbocycles. The van der Waals surface area contributed by atoms with E-state index in [1.807, 2.05) is 48.5 Å². The fourth-order valence-corrected chi connectivity index (χ4v) is 2.35. The Hall–Kier alpha value is -1.54. The SMILES string of the molecule is N#CCC(Nc1cccc(I)c1)c1ccccc1. The molecule has 18 heavy (non-hydrogen) atoms. The van der Waals surface area contributed by atoms with Gasteiger partial charge in [-0.1, -0.05) is 36.4 Å². The van der Waals surface area contributed by atoms with Gasteiger partial charge in [0.1, 0.15) is 0 Å². The average Bonchev–Trinajstić information content (AvgIpc) is 2.39. The average molecular weight is 348 g/mol. The molecule has 0 bridgehead atoms. The molecule has 0 aliphatic carbocycles. The minimum Gasteiger partial charge on any atom is -0.377 e. The second kappa shape index (κ2) is 6.41. The third kappa shape index (κ3) is 3.47. The summed E-state index contributed by atoms with van der Waals surface area (Å²) < 4.78 is 1.18. The lowest BCUT2D eigenvalue weighted by Gasteiger charge is -2.17. The molecule has 2 rings (SSSR count). The Morgan fingerprint density at radius 2 is 1.89 bits per heavy atom. The molecule has 0 spiro atoms. The summed E-state index contributed by atoms with van der Waals surface area (Å²) >= 11 is 2.28.